The third-order valence-electron chi connectivity index (χ3n) is 2.91. The van der Waals surface area contributed by atoms with Crippen LogP contribution in [0, 0.1) is 0 Å². The van der Waals surface area contributed by atoms with Crippen LogP contribution in [0.15, 0.2) is 18.7 Å². The number of hydrogen-bond donors (Lipinski definition) is 1. The van der Waals surface area contributed by atoms with Gasteiger partial charge in [0.25, 0.3) is 0 Å². The molecule has 15 heavy (non-hydrogen) atoms. The van der Waals surface area contributed by atoms with Gasteiger partial charge < -0.3 is 5.32 Å². The summed E-state index contributed by atoms with van der Waals surface area (Å²) in [5, 5.41) is 11.4. The molecule has 0 atom stereocenters. The molecule has 0 unspecified atom stereocenters. The Balaban J connectivity index is 1.92. The first kappa shape index (κ1) is 8.64. The first-order chi connectivity index (χ1) is 7.43. The Morgan fingerprint density at radius 1 is 1.33 bits per heavy atom. The highest BCUT2D eigenvalue weighted by atomic mass is 15.2. The maximum absolute atomic E-state index is 4.31. The smallest absolute Gasteiger partial charge is 0.203 e. The molecule has 0 aromatic carbocycles. The molecule has 0 amide bonds. The zero-order chi connectivity index (χ0) is 10.1. The lowest BCUT2D eigenvalue weighted by atomic mass is 10.2. The molecule has 1 aliphatic rings. The Labute approximate surface area is 87.5 Å². The van der Waals surface area contributed by atoms with Crippen molar-refractivity contribution >= 4 is 11.5 Å². The highest BCUT2D eigenvalue weighted by Crippen LogP contribution is 2.22. The van der Waals surface area contributed by atoms with Gasteiger partial charge in [0.15, 0.2) is 5.82 Å². The summed E-state index contributed by atoms with van der Waals surface area (Å²) < 4.78 is 1.88. The van der Waals surface area contributed by atoms with E-state index in [0.29, 0.717) is 6.04 Å². The predicted molar refractivity (Wildman–Crippen MR) is 56.7 cm³/mol. The van der Waals surface area contributed by atoms with Gasteiger partial charge in [0.1, 0.15) is 6.33 Å². The second-order valence-electron chi connectivity index (χ2n) is 3.96. The summed E-state index contributed by atoms with van der Waals surface area (Å²) in [5.41, 5.74) is 0.810. The summed E-state index contributed by atoms with van der Waals surface area (Å²) in [6, 6.07) is 0.556. The normalized spacial score (nSPS) is 17.3. The van der Waals surface area contributed by atoms with Gasteiger partial charge in [0.05, 0.1) is 0 Å². The molecule has 0 bridgehead atoms. The summed E-state index contributed by atoms with van der Waals surface area (Å²) in [4.78, 5) is 4.31. The van der Waals surface area contributed by atoms with Crippen molar-refractivity contribution in [2.24, 2.45) is 0 Å². The average molecular weight is 203 g/mol. The standard InChI is InChI=1S/C10H13N5/c1-2-4-8(3-1)13-9-10-14-12-7-15(10)6-5-11-9/h5-8H,1-4H2,(H,11,13). The van der Waals surface area contributed by atoms with E-state index in [0.717, 1.165) is 11.5 Å². The molecule has 2 aromatic rings. The molecule has 0 aliphatic heterocycles. The van der Waals surface area contributed by atoms with Crippen LogP contribution in [0.3, 0.4) is 0 Å². The van der Waals surface area contributed by atoms with Gasteiger partial charge in [-0.2, -0.15) is 0 Å². The number of nitrogens with zero attached hydrogens (tertiary/aromatic N) is 4. The Bertz CT molecular complexity index is 458. The third-order valence-corrected chi connectivity index (χ3v) is 2.91. The van der Waals surface area contributed by atoms with Crippen molar-refractivity contribution < 1.29 is 0 Å². The lowest BCUT2D eigenvalue weighted by Gasteiger charge is -2.12. The van der Waals surface area contributed by atoms with Gasteiger partial charge in [0.2, 0.25) is 5.65 Å². The molecule has 2 aromatic heterocycles. The number of fused-ring (bicyclic) bond motifs is 1. The predicted octanol–water partition coefficient (Wildman–Crippen LogP) is 1.48. The fraction of sp³-hybridized carbons (Fsp3) is 0.500. The quantitative estimate of drug-likeness (QED) is 0.803. The molecule has 0 saturated heterocycles. The van der Waals surface area contributed by atoms with Crippen LogP contribution < -0.4 is 5.32 Å². The van der Waals surface area contributed by atoms with E-state index in [1.54, 1.807) is 12.5 Å². The molecule has 1 fully saturated rings. The molecule has 5 nitrogen and oxygen atoms in total. The Morgan fingerprint density at radius 2 is 2.20 bits per heavy atom. The number of anilines is 1. The van der Waals surface area contributed by atoms with Crippen LogP contribution in [0.25, 0.3) is 5.65 Å². The van der Waals surface area contributed by atoms with Crippen LogP contribution in [0.2, 0.25) is 0 Å². The van der Waals surface area contributed by atoms with Gasteiger partial charge in [-0.05, 0) is 12.8 Å². The van der Waals surface area contributed by atoms with E-state index >= 15 is 0 Å². The van der Waals surface area contributed by atoms with Crippen molar-refractivity contribution in [3.8, 4) is 0 Å². The van der Waals surface area contributed by atoms with Crippen molar-refractivity contribution in [1.82, 2.24) is 19.6 Å². The molecule has 1 N–H and O–H groups in total. The highest BCUT2D eigenvalue weighted by Gasteiger charge is 2.16. The second kappa shape index (κ2) is 3.49. The Kier molecular flexibility index (Phi) is 2.01. The van der Waals surface area contributed by atoms with Gasteiger partial charge in [-0.25, -0.2) is 4.98 Å². The summed E-state index contributed by atoms with van der Waals surface area (Å²) in [6.07, 6.45) is 10.4. The van der Waals surface area contributed by atoms with E-state index in [1.807, 2.05) is 10.6 Å². The summed E-state index contributed by atoms with van der Waals surface area (Å²) in [5.74, 6) is 0.849. The van der Waals surface area contributed by atoms with E-state index in [-0.39, 0.29) is 0 Å². The number of hydrogen-bond acceptors (Lipinski definition) is 4. The number of aromatic nitrogens is 4. The zero-order valence-electron chi connectivity index (χ0n) is 8.43. The molecule has 0 radical (unpaired) electrons. The first-order valence-electron chi connectivity index (χ1n) is 5.34. The largest absolute Gasteiger partial charge is 0.364 e. The van der Waals surface area contributed by atoms with Crippen LogP contribution in [-0.4, -0.2) is 25.6 Å². The molecule has 1 saturated carbocycles. The summed E-state index contributed by atoms with van der Waals surface area (Å²) in [7, 11) is 0. The minimum atomic E-state index is 0.556. The highest BCUT2D eigenvalue weighted by molar-refractivity contribution is 5.61. The fourth-order valence-corrected chi connectivity index (χ4v) is 2.12. The Hall–Kier alpha value is -1.65. The van der Waals surface area contributed by atoms with Gasteiger partial charge in [0, 0.05) is 18.4 Å². The zero-order valence-corrected chi connectivity index (χ0v) is 8.43. The maximum atomic E-state index is 4.31. The van der Waals surface area contributed by atoms with E-state index < -0.39 is 0 Å². The van der Waals surface area contributed by atoms with E-state index in [4.69, 9.17) is 0 Å². The molecule has 0 spiro atoms. The number of rotatable bonds is 2. The average Bonchev–Trinajstić information content (AvgIpc) is 2.87. The van der Waals surface area contributed by atoms with E-state index in [9.17, 15) is 0 Å². The number of nitrogens with one attached hydrogen (secondary N) is 1. The van der Waals surface area contributed by atoms with Crippen LogP contribution in [-0.2, 0) is 0 Å². The van der Waals surface area contributed by atoms with Crippen molar-refractivity contribution in [2.75, 3.05) is 5.32 Å². The van der Waals surface area contributed by atoms with E-state index in [2.05, 4.69) is 20.5 Å². The lowest BCUT2D eigenvalue weighted by molar-refractivity contribution is 0.750. The molecule has 78 valence electrons. The fourth-order valence-electron chi connectivity index (χ4n) is 2.12. The minimum Gasteiger partial charge on any atom is -0.364 e. The first-order valence-corrected chi connectivity index (χ1v) is 5.34. The van der Waals surface area contributed by atoms with Crippen molar-refractivity contribution in [3.63, 3.8) is 0 Å². The van der Waals surface area contributed by atoms with Crippen molar-refractivity contribution in [3.05, 3.63) is 18.7 Å². The SMILES string of the molecule is c1cn2cnnc2c(NC2CCCC2)n1. The molecular formula is C10H13N5. The van der Waals surface area contributed by atoms with Gasteiger partial charge in [-0.15, -0.1) is 10.2 Å². The van der Waals surface area contributed by atoms with Crippen LogP contribution >= 0.6 is 0 Å². The van der Waals surface area contributed by atoms with Gasteiger partial charge in [-0.3, -0.25) is 4.40 Å². The second-order valence-corrected chi connectivity index (χ2v) is 3.96. The topological polar surface area (TPSA) is 55.1 Å². The van der Waals surface area contributed by atoms with Gasteiger partial charge in [-0.1, -0.05) is 12.8 Å². The van der Waals surface area contributed by atoms with Crippen LogP contribution in [0.4, 0.5) is 5.82 Å². The van der Waals surface area contributed by atoms with Gasteiger partial charge >= 0.3 is 0 Å². The summed E-state index contributed by atoms with van der Waals surface area (Å²) >= 11 is 0. The van der Waals surface area contributed by atoms with Crippen LogP contribution in [0.5, 0.6) is 0 Å². The lowest BCUT2D eigenvalue weighted by Crippen LogP contribution is -2.16. The molecule has 3 rings (SSSR count). The molecule has 2 heterocycles. The third kappa shape index (κ3) is 1.54. The van der Waals surface area contributed by atoms with Crippen molar-refractivity contribution in [1.29, 1.82) is 0 Å². The Morgan fingerprint density at radius 3 is 3.07 bits per heavy atom. The van der Waals surface area contributed by atoms with Crippen LogP contribution in [0.1, 0.15) is 25.7 Å². The molecular weight excluding hydrogens is 190 g/mol. The minimum absolute atomic E-state index is 0.556. The van der Waals surface area contributed by atoms with Crippen molar-refractivity contribution in [2.45, 2.75) is 31.7 Å². The monoisotopic (exact) mass is 203 g/mol. The molecule has 1 aliphatic carbocycles. The maximum Gasteiger partial charge on any atom is 0.203 e. The van der Waals surface area contributed by atoms with E-state index in [1.165, 1.54) is 25.7 Å². The molecule has 5 heteroatoms. The summed E-state index contributed by atoms with van der Waals surface area (Å²) in [6.45, 7) is 0.